The van der Waals surface area contributed by atoms with Crippen LogP contribution in [0.3, 0.4) is 0 Å². The Balaban J connectivity index is 3.11. The van der Waals surface area contributed by atoms with Crippen molar-refractivity contribution < 1.29 is 14.3 Å². The molecule has 0 aliphatic heterocycles. The highest BCUT2D eigenvalue weighted by molar-refractivity contribution is 5.91. The van der Waals surface area contributed by atoms with Crippen molar-refractivity contribution in [2.45, 2.75) is 34.6 Å². The molecule has 0 fully saturated rings. The van der Waals surface area contributed by atoms with Gasteiger partial charge in [-0.3, -0.25) is 0 Å². The highest BCUT2D eigenvalue weighted by Gasteiger charge is 2.20. The molecule has 1 aromatic heterocycles. The van der Waals surface area contributed by atoms with Crippen LogP contribution in [0.2, 0.25) is 0 Å². The standard InChI is InChI=1S/C16H23N3O3/c1-6-21-15(20)13-9-18-19(8-7-16(4,5)11-17)14(13)22-10-12(2)3/h7-9,12H,6,10H2,1-5H3/b8-7+. The molecule has 0 bridgehead atoms. The van der Waals surface area contributed by atoms with Gasteiger partial charge in [-0.25, -0.2) is 9.48 Å². The van der Waals surface area contributed by atoms with Crippen LogP contribution in [0, 0.1) is 22.7 Å². The average molecular weight is 305 g/mol. The van der Waals surface area contributed by atoms with Crippen molar-refractivity contribution in [1.29, 1.82) is 5.26 Å². The molecule has 0 unspecified atom stereocenters. The van der Waals surface area contributed by atoms with Gasteiger partial charge in [0.15, 0.2) is 0 Å². The second-order valence-corrected chi connectivity index (χ2v) is 5.88. The largest absolute Gasteiger partial charge is 0.477 e. The molecule has 6 nitrogen and oxygen atoms in total. The molecular weight excluding hydrogens is 282 g/mol. The summed E-state index contributed by atoms with van der Waals surface area (Å²) in [5.41, 5.74) is -0.354. The van der Waals surface area contributed by atoms with Crippen LogP contribution in [0.4, 0.5) is 0 Å². The fraction of sp³-hybridized carbons (Fsp3) is 0.562. The van der Waals surface area contributed by atoms with Crippen molar-refractivity contribution in [3.8, 4) is 11.9 Å². The summed E-state index contributed by atoms with van der Waals surface area (Å²) >= 11 is 0. The van der Waals surface area contributed by atoms with Crippen LogP contribution in [0.5, 0.6) is 5.88 Å². The molecular formula is C16H23N3O3. The van der Waals surface area contributed by atoms with Gasteiger partial charge in [-0.2, -0.15) is 10.4 Å². The molecule has 1 rings (SSSR count). The predicted octanol–water partition coefficient (Wildman–Crippen LogP) is 3.12. The Bertz CT molecular complexity index is 580. The maximum absolute atomic E-state index is 11.9. The Labute approximate surface area is 131 Å². The molecule has 1 heterocycles. The number of rotatable bonds is 7. The molecule has 0 aromatic carbocycles. The number of nitrogens with zero attached hydrogens (tertiary/aromatic N) is 3. The minimum absolute atomic E-state index is 0.280. The lowest BCUT2D eigenvalue weighted by Crippen LogP contribution is -2.12. The molecule has 0 radical (unpaired) electrons. The lowest BCUT2D eigenvalue weighted by atomic mass is 9.96. The maximum atomic E-state index is 11.9. The topological polar surface area (TPSA) is 77.1 Å². The van der Waals surface area contributed by atoms with E-state index in [2.05, 4.69) is 11.2 Å². The monoisotopic (exact) mass is 305 g/mol. The van der Waals surface area contributed by atoms with Crippen LogP contribution in [0.25, 0.3) is 6.20 Å². The van der Waals surface area contributed by atoms with Gasteiger partial charge in [0, 0.05) is 6.20 Å². The smallest absolute Gasteiger partial charge is 0.345 e. The van der Waals surface area contributed by atoms with Gasteiger partial charge in [0.1, 0.15) is 5.56 Å². The van der Waals surface area contributed by atoms with Crippen LogP contribution >= 0.6 is 0 Å². The lowest BCUT2D eigenvalue weighted by molar-refractivity contribution is 0.0520. The van der Waals surface area contributed by atoms with Crippen LogP contribution in [-0.4, -0.2) is 29.0 Å². The maximum Gasteiger partial charge on any atom is 0.345 e. The zero-order valence-electron chi connectivity index (χ0n) is 13.8. The molecule has 0 N–H and O–H groups in total. The first-order valence-electron chi connectivity index (χ1n) is 7.28. The van der Waals surface area contributed by atoms with Gasteiger partial charge >= 0.3 is 5.97 Å². The molecule has 0 aliphatic rings. The SMILES string of the molecule is CCOC(=O)c1cnn(/C=C/C(C)(C)C#N)c1OCC(C)C. The number of ether oxygens (including phenoxy) is 2. The fourth-order valence-electron chi connectivity index (χ4n) is 1.49. The molecule has 0 atom stereocenters. The summed E-state index contributed by atoms with van der Waals surface area (Å²) < 4.78 is 12.2. The molecule has 1 aromatic rings. The summed E-state index contributed by atoms with van der Waals surface area (Å²) in [5.74, 6) is 0.163. The van der Waals surface area contributed by atoms with E-state index in [9.17, 15) is 4.79 Å². The van der Waals surface area contributed by atoms with E-state index in [4.69, 9.17) is 14.7 Å². The second-order valence-electron chi connectivity index (χ2n) is 5.88. The Hall–Kier alpha value is -2.29. The average Bonchev–Trinajstić information content (AvgIpc) is 2.86. The first kappa shape index (κ1) is 17.8. The van der Waals surface area contributed by atoms with E-state index in [1.807, 2.05) is 13.8 Å². The third kappa shape index (κ3) is 4.92. The molecule has 0 saturated carbocycles. The summed E-state index contributed by atoms with van der Waals surface area (Å²) in [6.45, 7) is 10.1. The molecule has 6 heteroatoms. The van der Waals surface area contributed by atoms with Gasteiger partial charge in [-0.05, 0) is 32.8 Å². The molecule has 0 spiro atoms. The highest BCUT2D eigenvalue weighted by Crippen LogP contribution is 2.22. The predicted molar refractivity (Wildman–Crippen MR) is 83.2 cm³/mol. The summed E-state index contributed by atoms with van der Waals surface area (Å²) in [7, 11) is 0. The van der Waals surface area contributed by atoms with Crippen molar-refractivity contribution in [2.24, 2.45) is 11.3 Å². The van der Waals surface area contributed by atoms with Crippen LogP contribution < -0.4 is 4.74 Å². The van der Waals surface area contributed by atoms with Gasteiger partial charge in [0.2, 0.25) is 5.88 Å². The van der Waals surface area contributed by atoms with Crippen molar-refractivity contribution in [2.75, 3.05) is 13.2 Å². The van der Waals surface area contributed by atoms with E-state index in [0.717, 1.165) is 0 Å². The molecule has 0 saturated heterocycles. The van der Waals surface area contributed by atoms with E-state index in [-0.39, 0.29) is 12.2 Å². The molecule has 0 aliphatic carbocycles. The van der Waals surface area contributed by atoms with Crippen molar-refractivity contribution in [1.82, 2.24) is 9.78 Å². The third-order valence-corrected chi connectivity index (χ3v) is 2.72. The Morgan fingerprint density at radius 3 is 2.77 bits per heavy atom. The fourth-order valence-corrected chi connectivity index (χ4v) is 1.49. The van der Waals surface area contributed by atoms with Gasteiger partial charge < -0.3 is 9.47 Å². The van der Waals surface area contributed by atoms with E-state index in [0.29, 0.717) is 18.4 Å². The normalized spacial score (nSPS) is 11.7. The van der Waals surface area contributed by atoms with E-state index >= 15 is 0 Å². The molecule has 0 amide bonds. The summed E-state index contributed by atoms with van der Waals surface area (Å²) in [6.07, 6.45) is 4.75. The summed E-state index contributed by atoms with van der Waals surface area (Å²) in [5, 5.41) is 13.2. The minimum Gasteiger partial charge on any atom is -0.477 e. The van der Waals surface area contributed by atoms with E-state index < -0.39 is 11.4 Å². The van der Waals surface area contributed by atoms with Crippen LogP contribution in [0.15, 0.2) is 12.3 Å². The molecule has 120 valence electrons. The number of hydrogen-bond acceptors (Lipinski definition) is 5. The van der Waals surface area contributed by atoms with Gasteiger partial charge in [0.25, 0.3) is 0 Å². The van der Waals surface area contributed by atoms with Gasteiger partial charge in [0.05, 0.1) is 30.9 Å². The molecule has 22 heavy (non-hydrogen) atoms. The van der Waals surface area contributed by atoms with Gasteiger partial charge in [-0.15, -0.1) is 0 Å². The first-order chi connectivity index (χ1) is 10.3. The summed E-state index contributed by atoms with van der Waals surface area (Å²) in [6, 6.07) is 2.17. The number of aromatic nitrogens is 2. The number of allylic oxidation sites excluding steroid dienone is 1. The van der Waals surface area contributed by atoms with Crippen molar-refractivity contribution in [3.63, 3.8) is 0 Å². The lowest BCUT2D eigenvalue weighted by Gasteiger charge is -2.12. The van der Waals surface area contributed by atoms with Crippen LogP contribution in [-0.2, 0) is 4.74 Å². The Morgan fingerprint density at radius 1 is 1.55 bits per heavy atom. The number of carbonyl (C=O) groups excluding carboxylic acids is 1. The third-order valence-electron chi connectivity index (χ3n) is 2.72. The number of carbonyl (C=O) groups is 1. The highest BCUT2D eigenvalue weighted by atomic mass is 16.5. The Morgan fingerprint density at radius 2 is 2.23 bits per heavy atom. The number of nitriles is 1. The van der Waals surface area contributed by atoms with Gasteiger partial charge in [-0.1, -0.05) is 13.8 Å². The van der Waals surface area contributed by atoms with E-state index in [1.165, 1.54) is 10.9 Å². The zero-order valence-corrected chi connectivity index (χ0v) is 13.8. The number of hydrogen-bond donors (Lipinski definition) is 0. The summed E-state index contributed by atoms with van der Waals surface area (Å²) in [4.78, 5) is 11.9. The van der Waals surface area contributed by atoms with E-state index in [1.54, 1.807) is 33.0 Å². The van der Waals surface area contributed by atoms with Crippen LogP contribution in [0.1, 0.15) is 45.0 Å². The number of esters is 1. The Kier molecular flexibility index (Phi) is 6.17. The van der Waals surface area contributed by atoms with Crippen molar-refractivity contribution in [3.05, 3.63) is 17.8 Å². The van der Waals surface area contributed by atoms with Crippen molar-refractivity contribution >= 4 is 12.2 Å². The zero-order chi connectivity index (χ0) is 16.8. The first-order valence-corrected chi connectivity index (χ1v) is 7.28. The quantitative estimate of drug-likeness (QED) is 0.723. The minimum atomic E-state index is -0.634. The second kappa shape index (κ2) is 7.64.